The van der Waals surface area contributed by atoms with Crippen LogP contribution in [0.5, 0.6) is 0 Å². The van der Waals surface area contributed by atoms with Crippen molar-refractivity contribution in [2.24, 2.45) is 0 Å². The van der Waals surface area contributed by atoms with Crippen LogP contribution in [0.3, 0.4) is 0 Å². The quantitative estimate of drug-likeness (QED) is 0.412. The number of aliphatic hydroxyl groups excluding tert-OH is 2. The van der Waals surface area contributed by atoms with Crippen LogP contribution < -0.4 is 11.1 Å². The summed E-state index contributed by atoms with van der Waals surface area (Å²) in [7, 11) is 0. The molecular weight excluding hydrogens is 228 g/mol. The van der Waals surface area contributed by atoms with E-state index in [1.54, 1.807) is 6.92 Å². The smallest absolute Gasteiger partial charge is 0.311 e. The number of hydrogen-bond donors (Lipinski definition) is 4. The van der Waals surface area contributed by atoms with Crippen LogP contribution in [-0.2, 0) is 0 Å². The maximum atomic E-state index is 10.5. The zero-order chi connectivity index (χ0) is 13.1. The van der Waals surface area contributed by atoms with Gasteiger partial charge >= 0.3 is 5.69 Å². The molecule has 0 aromatic carbocycles. The molecule has 5 N–H and O–H groups in total. The van der Waals surface area contributed by atoms with E-state index in [2.05, 4.69) is 10.3 Å². The molecule has 0 fully saturated rings. The third-order valence-corrected chi connectivity index (χ3v) is 2.23. The molecule has 94 valence electrons. The number of aromatic nitrogens is 1. The normalized spacial score (nSPS) is 11.2. The minimum Gasteiger partial charge on any atom is -0.394 e. The molecule has 1 rings (SSSR count). The van der Waals surface area contributed by atoms with E-state index < -0.39 is 10.5 Å². The standard InChI is InChI=1S/C9H14N4O4/c1-9(4-14,5-15)12-7-3-2-6(13(16)17)8(10)11-7/h2-3,14-15H,4-5H2,1H3,(H3,10,11,12). The SMILES string of the molecule is CC(CO)(CO)Nc1ccc([N+](=O)[O-])c(N)n1. The third kappa shape index (κ3) is 3.02. The van der Waals surface area contributed by atoms with Crippen molar-refractivity contribution in [3.8, 4) is 0 Å². The van der Waals surface area contributed by atoms with Gasteiger partial charge in [-0.1, -0.05) is 0 Å². The molecule has 0 aliphatic rings. The van der Waals surface area contributed by atoms with E-state index in [0.717, 1.165) is 0 Å². The Kier molecular flexibility index (Phi) is 3.81. The molecule has 0 bridgehead atoms. The van der Waals surface area contributed by atoms with Gasteiger partial charge in [-0.05, 0) is 13.0 Å². The predicted octanol–water partition coefficient (Wildman–Crippen LogP) is -0.273. The van der Waals surface area contributed by atoms with Crippen molar-refractivity contribution in [2.75, 3.05) is 24.3 Å². The van der Waals surface area contributed by atoms with E-state index >= 15 is 0 Å². The maximum Gasteiger partial charge on any atom is 0.311 e. The van der Waals surface area contributed by atoms with Gasteiger partial charge in [0.05, 0.1) is 23.7 Å². The largest absolute Gasteiger partial charge is 0.394 e. The number of nitrogens with two attached hydrogens (primary N) is 1. The summed E-state index contributed by atoms with van der Waals surface area (Å²) in [5.41, 5.74) is 4.16. The van der Waals surface area contributed by atoms with Crippen LogP contribution >= 0.6 is 0 Å². The molecule has 1 aromatic rings. The second-order valence-electron chi connectivity index (χ2n) is 3.86. The Morgan fingerprint density at radius 3 is 2.53 bits per heavy atom. The van der Waals surface area contributed by atoms with Crippen molar-refractivity contribution < 1.29 is 15.1 Å². The van der Waals surface area contributed by atoms with Crippen LogP contribution in [0.15, 0.2) is 12.1 Å². The second kappa shape index (κ2) is 4.93. The molecule has 0 atom stereocenters. The van der Waals surface area contributed by atoms with Gasteiger partial charge in [0.15, 0.2) is 0 Å². The van der Waals surface area contributed by atoms with Gasteiger partial charge in [-0.15, -0.1) is 0 Å². The van der Waals surface area contributed by atoms with Gasteiger partial charge in [-0.2, -0.15) is 0 Å². The van der Waals surface area contributed by atoms with Gasteiger partial charge in [-0.3, -0.25) is 10.1 Å². The minimum atomic E-state index is -0.963. The summed E-state index contributed by atoms with van der Waals surface area (Å²) in [6.45, 7) is 0.941. The molecule has 1 aromatic heterocycles. The Morgan fingerprint density at radius 1 is 1.53 bits per heavy atom. The molecule has 0 unspecified atom stereocenters. The second-order valence-corrected chi connectivity index (χ2v) is 3.86. The molecule has 0 saturated heterocycles. The zero-order valence-corrected chi connectivity index (χ0v) is 9.25. The summed E-state index contributed by atoms with van der Waals surface area (Å²) >= 11 is 0. The fourth-order valence-electron chi connectivity index (χ4n) is 1.13. The first-order chi connectivity index (χ1) is 7.91. The van der Waals surface area contributed by atoms with Crippen LogP contribution in [0.4, 0.5) is 17.3 Å². The summed E-state index contributed by atoms with van der Waals surface area (Å²) < 4.78 is 0. The first-order valence-electron chi connectivity index (χ1n) is 4.82. The molecule has 0 amide bonds. The number of rotatable bonds is 5. The van der Waals surface area contributed by atoms with E-state index in [-0.39, 0.29) is 30.5 Å². The van der Waals surface area contributed by atoms with Crippen molar-refractivity contribution in [2.45, 2.75) is 12.5 Å². The number of nitrogen functional groups attached to an aromatic ring is 1. The lowest BCUT2D eigenvalue weighted by Crippen LogP contribution is -2.42. The molecule has 8 nitrogen and oxygen atoms in total. The lowest BCUT2D eigenvalue weighted by molar-refractivity contribution is -0.384. The predicted molar refractivity (Wildman–Crippen MR) is 61.5 cm³/mol. The number of hydrogen-bond acceptors (Lipinski definition) is 7. The highest BCUT2D eigenvalue weighted by Gasteiger charge is 2.23. The fourth-order valence-corrected chi connectivity index (χ4v) is 1.13. The number of aliphatic hydroxyl groups is 2. The Morgan fingerprint density at radius 2 is 2.12 bits per heavy atom. The van der Waals surface area contributed by atoms with Gasteiger partial charge in [0, 0.05) is 6.07 Å². The molecular formula is C9H14N4O4. The molecule has 17 heavy (non-hydrogen) atoms. The Labute approximate surface area is 97.2 Å². The average Bonchev–Trinajstić information content (AvgIpc) is 2.28. The van der Waals surface area contributed by atoms with E-state index in [9.17, 15) is 10.1 Å². The number of nitro groups is 1. The lowest BCUT2D eigenvalue weighted by Gasteiger charge is -2.26. The van der Waals surface area contributed by atoms with E-state index in [1.165, 1.54) is 12.1 Å². The van der Waals surface area contributed by atoms with Gasteiger partial charge in [0.2, 0.25) is 5.82 Å². The Bertz CT molecular complexity index is 419. The van der Waals surface area contributed by atoms with Gasteiger partial charge in [-0.25, -0.2) is 4.98 Å². The molecule has 0 saturated carbocycles. The third-order valence-electron chi connectivity index (χ3n) is 2.23. The summed E-state index contributed by atoms with van der Waals surface area (Å²) in [4.78, 5) is 13.7. The van der Waals surface area contributed by atoms with Crippen LogP contribution in [0.2, 0.25) is 0 Å². The average molecular weight is 242 g/mol. The summed E-state index contributed by atoms with van der Waals surface area (Å²) in [5, 5.41) is 31.4. The van der Waals surface area contributed by atoms with Gasteiger partial charge < -0.3 is 21.3 Å². The number of nitrogens with zero attached hydrogens (tertiary/aromatic N) is 2. The van der Waals surface area contributed by atoms with Crippen LogP contribution in [0, 0.1) is 10.1 Å². The van der Waals surface area contributed by atoms with Crippen molar-refractivity contribution in [1.82, 2.24) is 4.98 Å². The van der Waals surface area contributed by atoms with Gasteiger partial charge in [0.1, 0.15) is 5.82 Å². The van der Waals surface area contributed by atoms with E-state index in [4.69, 9.17) is 15.9 Å². The topological polar surface area (TPSA) is 135 Å². The molecule has 0 aliphatic carbocycles. The van der Waals surface area contributed by atoms with Crippen molar-refractivity contribution in [1.29, 1.82) is 0 Å². The number of pyridine rings is 1. The zero-order valence-electron chi connectivity index (χ0n) is 9.25. The number of anilines is 2. The maximum absolute atomic E-state index is 10.5. The number of nitrogens with one attached hydrogen (secondary N) is 1. The molecule has 0 radical (unpaired) electrons. The summed E-state index contributed by atoms with van der Waals surface area (Å²) in [6.07, 6.45) is 0. The van der Waals surface area contributed by atoms with Crippen LogP contribution in [0.25, 0.3) is 0 Å². The highest BCUT2D eigenvalue weighted by molar-refractivity contribution is 5.57. The van der Waals surface area contributed by atoms with Gasteiger partial charge in [0.25, 0.3) is 0 Å². The van der Waals surface area contributed by atoms with Crippen LogP contribution in [0.1, 0.15) is 6.92 Å². The Hall–Kier alpha value is -1.93. The fraction of sp³-hybridized carbons (Fsp3) is 0.444. The van der Waals surface area contributed by atoms with Crippen LogP contribution in [-0.4, -0.2) is 38.9 Å². The monoisotopic (exact) mass is 242 g/mol. The van der Waals surface area contributed by atoms with E-state index in [1.807, 2.05) is 0 Å². The van der Waals surface area contributed by atoms with Crippen molar-refractivity contribution in [3.63, 3.8) is 0 Å². The van der Waals surface area contributed by atoms with Crippen molar-refractivity contribution in [3.05, 3.63) is 22.2 Å². The lowest BCUT2D eigenvalue weighted by atomic mass is 10.1. The molecule has 0 aliphatic heterocycles. The molecule has 8 heteroatoms. The highest BCUT2D eigenvalue weighted by atomic mass is 16.6. The highest BCUT2D eigenvalue weighted by Crippen LogP contribution is 2.22. The minimum absolute atomic E-state index is 0.224. The summed E-state index contributed by atoms with van der Waals surface area (Å²) in [6, 6.07) is 2.57. The summed E-state index contributed by atoms with van der Waals surface area (Å²) in [5.74, 6) is 0.0249. The first-order valence-corrected chi connectivity index (χ1v) is 4.82. The van der Waals surface area contributed by atoms with Crippen molar-refractivity contribution >= 4 is 17.3 Å². The first kappa shape index (κ1) is 13.1. The van der Waals surface area contributed by atoms with E-state index in [0.29, 0.717) is 0 Å². The molecule has 1 heterocycles. The molecule has 0 spiro atoms. The Balaban J connectivity index is 2.95.